The van der Waals surface area contributed by atoms with Crippen molar-refractivity contribution in [2.45, 2.75) is 0 Å². The van der Waals surface area contributed by atoms with Crippen LogP contribution in [0.25, 0.3) is 0 Å². The third kappa shape index (κ3) is 1.09. The number of fused-ring (bicyclic) bond motifs is 3. The fourth-order valence-electron chi connectivity index (χ4n) is 1.87. The first-order chi connectivity index (χ1) is 7.27. The molecule has 2 aliphatic rings. The molecule has 0 bridgehead atoms. The van der Waals surface area contributed by atoms with Gasteiger partial charge in [-0.25, -0.2) is 0 Å². The Hall–Kier alpha value is -1.78. The maximum Gasteiger partial charge on any atom is 0.418 e. The normalized spacial score (nSPS) is 18.2. The summed E-state index contributed by atoms with van der Waals surface area (Å²) in [5.74, 6) is 0.979. The van der Waals surface area contributed by atoms with Crippen molar-refractivity contribution >= 4 is 25.0 Å². The number of hydrogen-bond acceptors (Lipinski definition) is 3. The van der Waals surface area contributed by atoms with Crippen LogP contribution >= 0.6 is 0 Å². The van der Waals surface area contributed by atoms with Crippen molar-refractivity contribution in [3.63, 3.8) is 0 Å². The molecule has 0 N–H and O–H groups in total. The molecule has 0 atom stereocenters. The highest BCUT2D eigenvalue weighted by Gasteiger charge is 2.32. The summed E-state index contributed by atoms with van der Waals surface area (Å²) in [5, 5.41) is 0. The lowest BCUT2D eigenvalue weighted by Crippen LogP contribution is -2.47. The molecular weight excluding hydrogens is 189 g/mol. The highest BCUT2D eigenvalue weighted by molar-refractivity contribution is 6.58. The van der Waals surface area contributed by atoms with Crippen LogP contribution in [0.15, 0.2) is 29.2 Å². The van der Waals surface area contributed by atoms with Gasteiger partial charge in [0.15, 0.2) is 0 Å². The number of benzene rings is 1. The molecule has 15 heavy (non-hydrogen) atoms. The van der Waals surface area contributed by atoms with E-state index in [1.165, 1.54) is 0 Å². The molecule has 1 aromatic rings. The van der Waals surface area contributed by atoms with Gasteiger partial charge in [-0.2, -0.15) is 0 Å². The topological polar surface area (TPSA) is 35.9 Å². The molecule has 0 aliphatic carbocycles. The fraction of sp³-hybridized carbons (Fsp3) is 0.200. The summed E-state index contributed by atoms with van der Waals surface area (Å²) in [6.45, 7) is 0.573. The van der Waals surface area contributed by atoms with E-state index in [1.54, 1.807) is 19.5 Å². The minimum absolute atomic E-state index is 0.0519. The first-order valence-corrected chi connectivity index (χ1v) is 4.81. The predicted molar refractivity (Wildman–Crippen MR) is 59.1 cm³/mol. The molecule has 3 rings (SSSR count). The number of hydrogen-bond donors (Lipinski definition) is 0. The van der Waals surface area contributed by atoms with E-state index in [0.29, 0.717) is 6.54 Å². The van der Waals surface area contributed by atoms with Crippen LogP contribution in [0.2, 0.25) is 0 Å². The second kappa shape index (κ2) is 2.86. The Labute approximate surface area is 88.5 Å². The van der Waals surface area contributed by atoms with Crippen molar-refractivity contribution in [1.29, 1.82) is 0 Å². The van der Waals surface area contributed by atoms with Crippen LogP contribution in [0.3, 0.4) is 0 Å². The Kier molecular flexibility index (Phi) is 1.62. The van der Waals surface area contributed by atoms with Gasteiger partial charge in [-0.3, -0.25) is 4.79 Å². The van der Waals surface area contributed by atoms with Crippen LogP contribution in [0.5, 0.6) is 0 Å². The largest absolute Gasteiger partial charge is 0.418 e. The Bertz CT molecular complexity index is 471. The van der Waals surface area contributed by atoms with Gasteiger partial charge in [-0.15, -0.1) is 0 Å². The van der Waals surface area contributed by atoms with E-state index in [-0.39, 0.29) is 5.91 Å². The molecule has 0 saturated heterocycles. The first kappa shape index (κ1) is 8.53. The zero-order chi connectivity index (χ0) is 10.4. The van der Waals surface area contributed by atoms with Gasteiger partial charge in [-0.05, 0) is 12.1 Å². The predicted octanol–water partition coefficient (Wildman–Crippen LogP) is 0.525. The van der Waals surface area contributed by atoms with Gasteiger partial charge in [0, 0.05) is 12.7 Å². The maximum absolute atomic E-state index is 12.0. The molecule has 1 amide bonds. The van der Waals surface area contributed by atoms with Crippen molar-refractivity contribution in [3.8, 4) is 0 Å². The van der Waals surface area contributed by atoms with E-state index in [4.69, 9.17) is 0 Å². The van der Waals surface area contributed by atoms with Crippen LogP contribution in [-0.2, 0) is 0 Å². The van der Waals surface area contributed by atoms with Gasteiger partial charge >= 0.3 is 7.55 Å². The molecule has 0 fully saturated rings. The van der Waals surface area contributed by atoms with Crippen molar-refractivity contribution in [2.75, 3.05) is 18.4 Å². The number of para-hydroxylation sites is 1. The molecule has 5 heteroatoms. The Morgan fingerprint density at radius 3 is 2.93 bits per heavy atom. The lowest BCUT2D eigenvalue weighted by atomic mass is 9.98. The summed E-state index contributed by atoms with van der Waals surface area (Å²) >= 11 is 0. The van der Waals surface area contributed by atoms with E-state index in [9.17, 15) is 4.79 Å². The zero-order valence-electron chi connectivity index (χ0n) is 8.34. The molecular formula is C10H9BN3O. The monoisotopic (exact) mass is 198 g/mol. The van der Waals surface area contributed by atoms with Crippen molar-refractivity contribution in [2.24, 2.45) is 4.90 Å². The van der Waals surface area contributed by atoms with Crippen LogP contribution in [0.4, 0.5) is 5.69 Å². The van der Waals surface area contributed by atoms with Gasteiger partial charge in [-0.1, -0.05) is 12.1 Å². The molecule has 2 heterocycles. The standard InChI is InChI=1S/C10H9BN3O/c1-13-6-9-12-11-14(9)8-5-3-2-4-7(8)10(13)15/h2-5H,6H2,1H3. The van der Waals surface area contributed by atoms with Crippen LogP contribution < -0.4 is 4.81 Å². The summed E-state index contributed by atoms with van der Waals surface area (Å²) in [5.41, 5.74) is 1.66. The molecule has 1 aromatic carbocycles. The lowest BCUT2D eigenvalue weighted by Gasteiger charge is -2.30. The molecule has 0 spiro atoms. The van der Waals surface area contributed by atoms with E-state index in [1.807, 2.05) is 29.1 Å². The van der Waals surface area contributed by atoms with Crippen molar-refractivity contribution in [1.82, 2.24) is 4.90 Å². The number of amidine groups is 1. The Morgan fingerprint density at radius 1 is 1.40 bits per heavy atom. The average molecular weight is 198 g/mol. The molecule has 4 nitrogen and oxygen atoms in total. The number of nitrogens with zero attached hydrogens (tertiary/aromatic N) is 3. The average Bonchev–Trinajstić information content (AvgIpc) is 2.29. The molecule has 0 unspecified atom stereocenters. The third-order valence-corrected chi connectivity index (χ3v) is 2.72. The lowest BCUT2D eigenvalue weighted by molar-refractivity contribution is 0.0817. The zero-order valence-corrected chi connectivity index (χ0v) is 8.34. The van der Waals surface area contributed by atoms with Crippen LogP contribution in [0.1, 0.15) is 10.4 Å². The number of rotatable bonds is 0. The van der Waals surface area contributed by atoms with Gasteiger partial charge in [0.1, 0.15) is 0 Å². The van der Waals surface area contributed by atoms with Gasteiger partial charge < -0.3 is 14.6 Å². The van der Waals surface area contributed by atoms with Crippen molar-refractivity contribution < 1.29 is 4.79 Å². The molecule has 0 saturated carbocycles. The van der Waals surface area contributed by atoms with Gasteiger partial charge in [0.25, 0.3) is 5.91 Å². The molecule has 1 radical (unpaired) electrons. The minimum Gasteiger partial charge on any atom is -0.355 e. The quantitative estimate of drug-likeness (QED) is 0.570. The summed E-state index contributed by atoms with van der Waals surface area (Å²) in [4.78, 5) is 19.8. The Morgan fingerprint density at radius 2 is 2.20 bits per heavy atom. The van der Waals surface area contributed by atoms with Gasteiger partial charge in [0.2, 0.25) is 0 Å². The molecule has 73 valence electrons. The second-order valence-electron chi connectivity index (χ2n) is 3.71. The van der Waals surface area contributed by atoms with Gasteiger partial charge in [0.05, 0.1) is 17.9 Å². The highest BCUT2D eigenvalue weighted by Crippen LogP contribution is 2.27. The number of carbonyl (C=O) groups is 1. The fourth-order valence-corrected chi connectivity index (χ4v) is 1.87. The van der Waals surface area contributed by atoms with Crippen molar-refractivity contribution in [3.05, 3.63) is 29.8 Å². The first-order valence-electron chi connectivity index (χ1n) is 4.81. The Balaban J connectivity index is 2.19. The number of likely N-dealkylation sites (N-methyl/N-ethyl adjacent to an activating group) is 1. The molecule has 2 aliphatic heterocycles. The summed E-state index contributed by atoms with van der Waals surface area (Å²) < 4.78 is 0. The molecule has 0 aromatic heterocycles. The maximum atomic E-state index is 12.0. The highest BCUT2D eigenvalue weighted by atomic mass is 16.2. The summed E-state index contributed by atoms with van der Waals surface area (Å²) in [6, 6.07) is 7.61. The van der Waals surface area contributed by atoms with E-state index in [0.717, 1.165) is 17.1 Å². The number of anilines is 1. The van der Waals surface area contributed by atoms with E-state index in [2.05, 4.69) is 4.90 Å². The minimum atomic E-state index is 0.0519. The summed E-state index contributed by atoms with van der Waals surface area (Å²) in [7, 11) is 3.55. The second-order valence-corrected chi connectivity index (χ2v) is 3.71. The number of carbonyl (C=O) groups excluding carboxylic acids is 1. The number of amides is 1. The third-order valence-electron chi connectivity index (χ3n) is 2.72. The summed E-state index contributed by atoms with van der Waals surface area (Å²) in [6.07, 6.45) is 0. The van der Waals surface area contributed by atoms with E-state index < -0.39 is 0 Å². The van der Waals surface area contributed by atoms with E-state index >= 15 is 0 Å². The van der Waals surface area contributed by atoms with Crippen LogP contribution in [-0.4, -0.2) is 37.8 Å². The SMILES string of the molecule is CN1CC2=N[B]N2c2ccccc2C1=O. The van der Waals surface area contributed by atoms with Crippen LogP contribution in [0, 0.1) is 0 Å². The smallest absolute Gasteiger partial charge is 0.355 e.